The van der Waals surface area contributed by atoms with Gasteiger partial charge in [0.15, 0.2) is 0 Å². The maximum absolute atomic E-state index is 11.8. The van der Waals surface area contributed by atoms with E-state index in [1.54, 1.807) is 6.08 Å². The van der Waals surface area contributed by atoms with Crippen molar-refractivity contribution in [3.63, 3.8) is 0 Å². The molecule has 1 fully saturated rings. The molecule has 1 saturated carbocycles. The molecule has 0 atom stereocenters. The van der Waals surface area contributed by atoms with E-state index >= 15 is 0 Å². The van der Waals surface area contributed by atoms with E-state index in [0.29, 0.717) is 6.04 Å². The van der Waals surface area contributed by atoms with Crippen molar-refractivity contribution in [2.24, 2.45) is 0 Å². The summed E-state index contributed by atoms with van der Waals surface area (Å²) >= 11 is 0. The van der Waals surface area contributed by atoms with E-state index in [1.165, 1.54) is 27.6 Å². The van der Waals surface area contributed by atoms with Gasteiger partial charge in [-0.3, -0.25) is 4.79 Å². The molecule has 1 aliphatic carbocycles. The minimum atomic E-state index is 0.00142. The molecule has 3 nitrogen and oxygen atoms in total. The fourth-order valence-electron chi connectivity index (χ4n) is 3.19. The lowest BCUT2D eigenvalue weighted by Crippen LogP contribution is -2.22. The number of amides is 1. The quantitative estimate of drug-likeness (QED) is 0.667. The first-order valence-electron chi connectivity index (χ1n) is 8.77. The molecule has 2 aromatic carbocycles. The second kappa shape index (κ2) is 6.25. The first-order valence-corrected chi connectivity index (χ1v) is 8.77. The number of hydrogen-bond acceptors (Lipinski definition) is 1. The van der Waals surface area contributed by atoms with Gasteiger partial charge in [0.1, 0.15) is 0 Å². The van der Waals surface area contributed by atoms with Gasteiger partial charge in [-0.2, -0.15) is 0 Å². The van der Waals surface area contributed by atoms with Crippen LogP contribution in [0.15, 0.2) is 48.7 Å². The van der Waals surface area contributed by atoms with Gasteiger partial charge < -0.3 is 10.3 Å². The van der Waals surface area contributed by atoms with Gasteiger partial charge >= 0.3 is 0 Å². The lowest BCUT2D eigenvalue weighted by Gasteiger charge is -2.11. The van der Waals surface area contributed by atoms with Gasteiger partial charge in [-0.1, -0.05) is 18.2 Å². The first-order chi connectivity index (χ1) is 12.1. The number of fused-ring (bicyclic) bond motifs is 1. The molecule has 0 unspecified atom stereocenters. The minimum Gasteiger partial charge on any atom is -0.361 e. The maximum atomic E-state index is 11.8. The smallest absolute Gasteiger partial charge is 0.244 e. The van der Waals surface area contributed by atoms with Crippen molar-refractivity contribution in [3.8, 4) is 11.1 Å². The molecule has 3 aromatic rings. The molecular formula is C22H22N2O. The number of carbonyl (C=O) groups is 1. The Bertz CT molecular complexity index is 977. The van der Waals surface area contributed by atoms with E-state index in [0.717, 1.165) is 23.9 Å². The Hall–Kier alpha value is -2.81. The van der Waals surface area contributed by atoms with Crippen molar-refractivity contribution < 1.29 is 4.79 Å². The Morgan fingerprint density at radius 3 is 2.76 bits per heavy atom. The van der Waals surface area contributed by atoms with Crippen molar-refractivity contribution >= 4 is 22.9 Å². The number of carbonyl (C=O) groups excluding carboxylic acids is 1. The van der Waals surface area contributed by atoms with E-state index in [2.05, 4.69) is 60.5 Å². The molecule has 2 N–H and O–H groups in total. The van der Waals surface area contributed by atoms with E-state index in [1.807, 2.05) is 12.3 Å². The number of aromatic nitrogens is 1. The zero-order valence-corrected chi connectivity index (χ0v) is 14.6. The van der Waals surface area contributed by atoms with Crippen LogP contribution >= 0.6 is 0 Å². The normalized spacial score (nSPS) is 14.3. The van der Waals surface area contributed by atoms with Crippen molar-refractivity contribution in [1.82, 2.24) is 10.3 Å². The van der Waals surface area contributed by atoms with Gasteiger partial charge in [-0.25, -0.2) is 0 Å². The number of H-pyrrole nitrogens is 1. The Morgan fingerprint density at radius 1 is 1.12 bits per heavy atom. The van der Waals surface area contributed by atoms with Crippen LogP contribution in [0.5, 0.6) is 0 Å². The zero-order chi connectivity index (χ0) is 17.4. The topological polar surface area (TPSA) is 44.9 Å². The second-order valence-electron chi connectivity index (χ2n) is 6.92. The van der Waals surface area contributed by atoms with Crippen LogP contribution in [-0.2, 0) is 4.79 Å². The van der Waals surface area contributed by atoms with Crippen LogP contribution < -0.4 is 5.32 Å². The number of aryl methyl sites for hydroxylation is 2. The third-order valence-corrected chi connectivity index (χ3v) is 4.82. The molecule has 0 radical (unpaired) electrons. The summed E-state index contributed by atoms with van der Waals surface area (Å²) in [6.45, 7) is 4.22. The SMILES string of the molecule is Cc1cc(-c2ccc3[nH]ccc3c2)c(C)cc1C=CC(=O)NC1CC1. The van der Waals surface area contributed by atoms with Crippen molar-refractivity contribution in [1.29, 1.82) is 0 Å². The average Bonchev–Trinajstić information content (AvgIpc) is 3.28. The molecule has 0 saturated heterocycles. The second-order valence-corrected chi connectivity index (χ2v) is 6.92. The van der Waals surface area contributed by atoms with Gasteiger partial charge in [0, 0.05) is 23.8 Å². The summed E-state index contributed by atoms with van der Waals surface area (Å²) < 4.78 is 0. The number of hydrogen-bond donors (Lipinski definition) is 2. The van der Waals surface area contributed by atoms with Crippen LogP contribution in [0.4, 0.5) is 0 Å². The third-order valence-electron chi connectivity index (χ3n) is 4.82. The summed E-state index contributed by atoms with van der Waals surface area (Å²) in [6.07, 6.45) is 7.74. The highest BCUT2D eigenvalue weighted by Gasteiger charge is 2.22. The summed E-state index contributed by atoms with van der Waals surface area (Å²) in [5.74, 6) is 0.00142. The lowest BCUT2D eigenvalue weighted by molar-refractivity contribution is -0.116. The van der Waals surface area contributed by atoms with Crippen LogP contribution in [0.1, 0.15) is 29.5 Å². The third kappa shape index (κ3) is 3.36. The van der Waals surface area contributed by atoms with Crippen LogP contribution in [-0.4, -0.2) is 16.9 Å². The van der Waals surface area contributed by atoms with E-state index in [-0.39, 0.29) is 5.91 Å². The number of benzene rings is 2. The summed E-state index contributed by atoms with van der Waals surface area (Å²) in [7, 11) is 0. The molecule has 25 heavy (non-hydrogen) atoms. The van der Waals surface area contributed by atoms with Crippen molar-refractivity contribution in [3.05, 3.63) is 65.4 Å². The van der Waals surface area contributed by atoms with Gasteiger partial charge in [-0.05, 0) is 84.2 Å². The summed E-state index contributed by atoms with van der Waals surface area (Å²) in [4.78, 5) is 15.1. The van der Waals surface area contributed by atoms with Crippen LogP contribution in [0, 0.1) is 13.8 Å². The summed E-state index contributed by atoms with van der Waals surface area (Å²) in [5, 5.41) is 4.20. The highest BCUT2D eigenvalue weighted by atomic mass is 16.1. The summed E-state index contributed by atoms with van der Waals surface area (Å²) in [5.41, 5.74) is 7.08. The van der Waals surface area contributed by atoms with Gasteiger partial charge in [-0.15, -0.1) is 0 Å². The number of rotatable bonds is 4. The van der Waals surface area contributed by atoms with E-state index in [4.69, 9.17) is 0 Å². The number of aromatic amines is 1. The predicted octanol–water partition coefficient (Wildman–Crippen LogP) is 4.74. The van der Waals surface area contributed by atoms with Crippen molar-refractivity contribution in [2.45, 2.75) is 32.7 Å². The molecule has 4 rings (SSSR count). The van der Waals surface area contributed by atoms with E-state index in [9.17, 15) is 4.79 Å². The van der Waals surface area contributed by atoms with Gasteiger partial charge in [0.25, 0.3) is 0 Å². The van der Waals surface area contributed by atoms with E-state index < -0.39 is 0 Å². The fraction of sp³-hybridized carbons (Fsp3) is 0.227. The molecule has 0 aliphatic heterocycles. The van der Waals surface area contributed by atoms with Crippen LogP contribution in [0.25, 0.3) is 28.1 Å². The Labute approximate surface area is 147 Å². The van der Waals surface area contributed by atoms with Gasteiger partial charge in [0.05, 0.1) is 0 Å². The molecule has 3 heteroatoms. The molecule has 0 bridgehead atoms. The molecule has 1 heterocycles. The lowest BCUT2D eigenvalue weighted by atomic mass is 9.94. The molecular weight excluding hydrogens is 308 g/mol. The summed E-state index contributed by atoms with van der Waals surface area (Å²) in [6, 6.07) is 13.3. The fourth-order valence-corrected chi connectivity index (χ4v) is 3.19. The molecule has 0 spiro atoms. The highest BCUT2D eigenvalue weighted by molar-refractivity contribution is 5.92. The monoisotopic (exact) mass is 330 g/mol. The minimum absolute atomic E-state index is 0.00142. The largest absolute Gasteiger partial charge is 0.361 e. The maximum Gasteiger partial charge on any atom is 0.244 e. The molecule has 1 aromatic heterocycles. The zero-order valence-electron chi connectivity index (χ0n) is 14.6. The standard InChI is InChI=1S/C22H22N2O/c1-14-12-20(17-3-7-21-18(13-17)9-10-23-21)15(2)11-16(14)4-8-22(25)24-19-5-6-19/h3-4,7-13,19,23H,5-6H2,1-2H3,(H,24,25). The first kappa shape index (κ1) is 15.7. The van der Waals surface area contributed by atoms with Gasteiger partial charge in [0.2, 0.25) is 5.91 Å². The van der Waals surface area contributed by atoms with Crippen molar-refractivity contribution in [2.75, 3.05) is 0 Å². The highest BCUT2D eigenvalue weighted by Crippen LogP contribution is 2.29. The Balaban J connectivity index is 1.62. The molecule has 1 aliphatic rings. The predicted molar refractivity (Wildman–Crippen MR) is 103 cm³/mol. The molecule has 1 amide bonds. The number of nitrogens with one attached hydrogen (secondary N) is 2. The van der Waals surface area contributed by atoms with Crippen LogP contribution in [0.2, 0.25) is 0 Å². The Kier molecular flexibility index (Phi) is 3.92. The molecule has 126 valence electrons. The average molecular weight is 330 g/mol. The Morgan fingerprint density at radius 2 is 1.96 bits per heavy atom. The van der Waals surface area contributed by atoms with Crippen LogP contribution in [0.3, 0.4) is 0 Å².